The monoisotopic (exact) mass is 348 g/mol. The summed E-state index contributed by atoms with van der Waals surface area (Å²) in [6, 6.07) is 9.40. The number of nitrogens with zero attached hydrogens (tertiary/aromatic N) is 1. The zero-order chi connectivity index (χ0) is 17.5. The van der Waals surface area contributed by atoms with Crippen molar-refractivity contribution in [3.8, 4) is 5.75 Å². The standard InChI is InChI=1S/C16H20N4O3S/c1-23-14-6-5-10-3-4-11(16(17)18)7-13(10)15(14)12-8-19-20(9-12)24(2,21)22/h3-7,12,19H,8-9H2,1-2H3,(H3,17,18). The third-order valence-electron chi connectivity index (χ3n) is 4.26. The lowest BCUT2D eigenvalue weighted by molar-refractivity contribution is 0.397. The number of sulfonamides is 1. The summed E-state index contributed by atoms with van der Waals surface area (Å²) in [5.74, 6) is 0.638. The number of benzene rings is 2. The van der Waals surface area contributed by atoms with Gasteiger partial charge in [-0.05, 0) is 22.9 Å². The van der Waals surface area contributed by atoms with Crippen molar-refractivity contribution in [1.82, 2.24) is 9.84 Å². The van der Waals surface area contributed by atoms with E-state index in [1.54, 1.807) is 13.2 Å². The average molecular weight is 348 g/mol. The fourth-order valence-corrected chi connectivity index (χ4v) is 3.84. The molecule has 24 heavy (non-hydrogen) atoms. The quantitative estimate of drug-likeness (QED) is 0.564. The van der Waals surface area contributed by atoms with E-state index in [1.807, 2.05) is 24.3 Å². The van der Waals surface area contributed by atoms with Gasteiger partial charge in [0.25, 0.3) is 0 Å². The summed E-state index contributed by atoms with van der Waals surface area (Å²) in [7, 11) is -1.72. The van der Waals surface area contributed by atoms with E-state index in [2.05, 4.69) is 5.43 Å². The lowest BCUT2D eigenvalue weighted by Gasteiger charge is -2.18. The van der Waals surface area contributed by atoms with Crippen LogP contribution in [0.4, 0.5) is 0 Å². The Morgan fingerprint density at radius 3 is 2.67 bits per heavy atom. The number of rotatable bonds is 4. The van der Waals surface area contributed by atoms with Crippen LogP contribution in [0.3, 0.4) is 0 Å². The molecule has 0 amide bonds. The van der Waals surface area contributed by atoms with E-state index >= 15 is 0 Å². The first-order valence-corrected chi connectivity index (χ1v) is 9.32. The minimum atomic E-state index is -3.31. The van der Waals surface area contributed by atoms with Crippen LogP contribution in [0.1, 0.15) is 17.0 Å². The molecule has 1 aliphatic rings. The van der Waals surface area contributed by atoms with Crippen LogP contribution in [-0.2, 0) is 10.0 Å². The van der Waals surface area contributed by atoms with Crippen LogP contribution in [0.5, 0.6) is 5.75 Å². The molecule has 128 valence electrons. The van der Waals surface area contributed by atoms with Gasteiger partial charge in [-0.25, -0.2) is 13.8 Å². The predicted molar refractivity (Wildman–Crippen MR) is 93.8 cm³/mol. The zero-order valence-corrected chi connectivity index (χ0v) is 14.4. The highest BCUT2D eigenvalue weighted by atomic mass is 32.2. The highest BCUT2D eigenvalue weighted by Gasteiger charge is 2.32. The summed E-state index contributed by atoms with van der Waals surface area (Å²) in [4.78, 5) is 0. The Morgan fingerprint density at radius 1 is 1.38 bits per heavy atom. The molecule has 0 spiro atoms. The lowest BCUT2D eigenvalue weighted by atomic mass is 9.92. The molecule has 1 unspecified atom stereocenters. The second-order valence-corrected chi connectivity index (χ2v) is 7.79. The predicted octanol–water partition coefficient (Wildman–Crippen LogP) is 0.996. The van der Waals surface area contributed by atoms with Crippen LogP contribution in [-0.4, -0.2) is 45.1 Å². The van der Waals surface area contributed by atoms with Gasteiger partial charge in [-0.15, -0.1) is 4.41 Å². The van der Waals surface area contributed by atoms with Gasteiger partial charge in [0.15, 0.2) is 0 Å². The van der Waals surface area contributed by atoms with Crippen molar-refractivity contribution in [2.24, 2.45) is 5.73 Å². The van der Waals surface area contributed by atoms with Gasteiger partial charge >= 0.3 is 0 Å². The molecule has 0 aromatic heterocycles. The summed E-state index contributed by atoms with van der Waals surface area (Å²) in [6.07, 6.45) is 1.18. The Kier molecular flexibility index (Phi) is 4.20. The molecule has 4 N–H and O–H groups in total. The molecule has 1 saturated heterocycles. The number of amidine groups is 1. The fourth-order valence-electron chi connectivity index (χ4n) is 3.08. The number of hydrogen-bond acceptors (Lipinski definition) is 5. The molecule has 0 bridgehead atoms. The molecule has 0 saturated carbocycles. The second kappa shape index (κ2) is 6.04. The van der Waals surface area contributed by atoms with E-state index in [4.69, 9.17) is 15.9 Å². The van der Waals surface area contributed by atoms with Crippen molar-refractivity contribution >= 4 is 26.6 Å². The number of methoxy groups -OCH3 is 1. The fraction of sp³-hybridized carbons (Fsp3) is 0.312. The van der Waals surface area contributed by atoms with E-state index in [-0.39, 0.29) is 11.8 Å². The van der Waals surface area contributed by atoms with Gasteiger partial charge in [0, 0.05) is 30.1 Å². The van der Waals surface area contributed by atoms with Crippen molar-refractivity contribution in [2.75, 3.05) is 26.5 Å². The maximum absolute atomic E-state index is 11.8. The maximum atomic E-state index is 11.8. The number of fused-ring (bicyclic) bond motifs is 1. The number of hydrogen-bond donors (Lipinski definition) is 3. The first-order valence-electron chi connectivity index (χ1n) is 7.47. The van der Waals surface area contributed by atoms with Gasteiger partial charge in [-0.3, -0.25) is 5.41 Å². The van der Waals surface area contributed by atoms with Gasteiger partial charge in [0.05, 0.1) is 13.4 Å². The SMILES string of the molecule is COc1ccc2ccc(C(=N)N)cc2c1C1CNN(S(C)(=O)=O)C1. The molecule has 1 atom stereocenters. The molecule has 7 nitrogen and oxygen atoms in total. The number of nitrogens with one attached hydrogen (secondary N) is 2. The number of ether oxygens (including phenoxy) is 1. The first-order chi connectivity index (χ1) is 11.3. The van der Waals surface area contributed by atoms with Gasteiger partial charge in [-0.2, -0.15) is 0 Å². The van der Waals surface area contributed by atoms with Gasteiger partial charge in [0.1, 0.15) is 11.6 Å². The summed E-state index contributed by atoms with van der Waals surface area (Å²) in [6.45, 7) is 0.825. The Balaban J connectivity index is 2.14. The van der Waals surface area contributed by atoms with E-state index in [0.29, 0.717) is 24.4 Å². The number of hydrazine groups is 1. The number of nitrogens with two attached hydrogens (primary N) is 1. The summed E-state index contributed by atoms with van der Waals surface area (Å²) < 4.78 is 30.3. The molecule has 1 aliphatic heterocycles. The molecular weight excluding hydrogens is 328 g/mol. The topological polar surface area (TPSA) is 109 Å². The molecule has 1 fully saturated rings. The van der Waals surface area contributed by atoms with E-state index < -0.39 is 10.0 Å². The van der Waals surface area contributed by atoms with Gasteiger partial charge < -0.3 is 10.5 Å². The molecule has 8 heteroatoms. The zero-order valence-electron chi connectivity index (χ0n) is 13.5. The minimum absolute atomic E-state index is 0.00650. The van der Waals surface area contributed by atoms with Crippen molar-refractivity contribution in [2.45, 2.75) is 5.92 Å². The lowest BCUT2D eigenvalue weighted by Crippen LogP contribution is -2.35. The van der Waals surface area contributed by atoms with Crippen molar-refractivity contribution < 1.29 is 13.2 Å². The largest absolute Gasteiger partial charge is 0.496 e. The first kappa shape index (κ1) is 16.7. The van der Waals surface area contributed by atoms with Crippen molar-refractivity contribution in [1.29, 1.82) is 5.41 Å². The van der Waals surface area contributed by atoms with Crippen LogP contribution in [0.25, 0.3) is 10.8 Å². The Labute approximate surface area is 140 Å². The molecule has 2 aromatic carbocycles. The third-order valence-corrected chi connectivity index (χ3v) is 5.34. The van der Waals surface area contributed by atoms with Gasteiger partial charge in [0.2, 0.25) is 10.0 Å². The summed E-state index contributed by atoms with van der Waals surface area (Å²) >= 11 is 0. The maximum Gasteiger partial charge on any atom is 0.223 e. The molecular formula is C16H20N4O3S. The normalized spacial score (nSPS) is 18.8. The van der Waals surface area contributed by atoms with Crippen LogP contribution in [0.2, 0.25) is 0 Å². The second-order valence-electron chi connectivity index (χ2n) is 5.88. The Morgan fingerprint density at radius 2 is 2.08 bits per heavy atom. The van der Waals surface area contributed by atoms with E-state index in [9.17, 15) is 8.42 Å². The molecule has 0 aliphatic carbocycles. The molecule has 2 aromatic rings. The van der Waals surface area contributed by atoms with Crippen LogP contribution in [0, 0.1) is 5.41 Å². The highest BCUT2D eigenvalue weighted by Crippen LogP contribution is 2.36. The van der Waals surface area contributed by atoms with E-state index in [0.717, 1.165) is 16.3 Å². The van der Waals surface area contributed by atoms with Crippen LogP contribution in [0.15, 0.2) is 30.3 Å². The van der Waals surface area contributed by atoms with E-state index in [1.165, 1.54) is 10.7 Å². The summed E-state index contributed by atoms with van der Waals surface area (Å²) in [5.41, 5.74) is 10.1. The average Bonchev–Trinajstić information content (AvgIpc) is 3.02. The van der Waals surface area contributed by atoms with Crippen molar-refractivity contribution in [3.05, 3.63) is 41.5 Å². The smallest absolute Gasteiger partial charge is 0.223 e. The van der Waals surface area contributed by atoms with Crippen molar-refractivity contribution in [3.63, 3.8) is 0 Å². The highest BCUT2D eigenvalue weighted by molar-refractivity contribution is 7.88. The van der Waals surface area contributed by atoms with Gasteiger partial charge in [-0.1, -0.05) is 18.2 Å². The Bertz CT molecular complexity index is 911. The number of nitrogen functional groups attached to an aromatic ring is 1. The minimum Gasteiger partial charge on any atom is -0.496 e. The molecule has 3 rings (SSSR count). The molecule has 0 radical (unpaired) electrons. The van der Waals surface area contributed by atoms with Crippen LogP contribution < -0.4 is 15.9 Å². The Hall–Kier alpha value is -2.16. The summed E-state index contributed by atoms with van der Waals surface area (Å²) in [5, 5.41) is 9.56. The molecule has 1 heterocycles. The van der Waals surface area contributed by atoms with Crippen LogP contribution >= 0.6 is 0 Å². The third kappa shape index (κ3) is 2.95.